The van der Waals surface area contributed by atoms with Crippen molar-refractivity contribution in [3.05, 3.63) is 29.6 Å². The molecule has 3 unspecified atom stereocenters. The molecule has 144 valence electrons. The Morgan fingerprint density at radius 1 is 1.35 bits per heavy atom. The first-order valence-electron chi connectivity index (χ1n) is 8.26. The van der Waals surface area contributed by atoms with Gasteiger partial charge in [-0.2, -0.15) is 0 Å². The van der Waals surface area contributed by atoms with Crippen molar-refractivity contribution in [2.24, 2.45) is 11.8 Å². The van der Waals surface area contributed by atoms with Gasteiger partial charge in [0.2, 0.25) is 0 Å². The molecule has 0 aromatic heterocycles. The molecule has 0 spiro atoms. The molecule has 0 bridgehead atoms. The fourth-order valence-electron chi connectivity index (χ4n) is 3.14. The van der Waals surface area contributed by atoms with E-state index in [0.29, 0.717) is 18.5 Å². The van der Waals surface area contributed by atoms with Crippen LogP contribution in [0.4, 0.5) is 9.18 Å². The van der Waals surface area contributed by atoms with E-state index in [2.05, 4.69) is 5.32 Å². The van der Waals surface area contributed by atoms with E-state index in [1.807, 2.05) is 6.92 Å². The Labute approximate surface area is 152 Å². The van der Waals surface area contributed by atoms with Gasteiger partial charge in [-0.25, -0.2) is 17.6 Å². The average molecular weight is 386 g/mol. The van der Waals surface area contributed by atoms with E-state index in [9.17, 15) is 27.5 Å². The number of benzene rings is 1. The fourth-order valence-corrected chi connectivity index (χ4v) is 3.87. The largest absolute Gasteiger partial charge is 0.481 e. The number of piperidine rings is 1. The van der Waals surface area contributed by atoms with Crippen LogP contribution in [0.5, 0.6) is 0 Å². The second-order valence-electron chi connectivity index (χ2n) is 6.91. The van der Waals surface area contributed by atoms with Crippen LogP contribution in [0.3, 0.4) is 0 Å². The molecule has 1 aromatic rings. The predicted molar refractivity (Wildman–Crippen MR) is 92.9 cm³/mol. The molecule has 3 atom stereocenters. The van der Waals surface area contributed by atoms with Crippen LogP contribution in [0.15, 0.2) is 23.1 Å². The van der Waals surface area contributed by atoms with Crippen LogP contribution in [0.2, 0.25) is 0 Å². The lowest BCUT2D eigenvalue weighted by Crippen LogP contribution is -2.49. The molecule has 1 heterocycles. The predicted octanol–water partition coefficient (Wildman–Crippen LogP) is 2.04. The number of halogens is 1. The number of carbonyl (C=O) groups excluding carboxylic acids is 1. The highest BCUT2D eigenvalue weighted by Crippen LogP contribution is 2.23. The van der Waals surface area contributed by atoms with E-state index in [4.69, 9.17) is 0 Å². The van der Waals surface area contributed by atoms with E-state index in [1.54, 1.807) is 6.92 Å². The van der Waals surface area contributed by atoms with Crippen molar-refractivity contribution in [3.8, 4) is 0 Å². The summed E-state index contributed by atoms with van der Waals surface area (Å²) in [6.45, 7) is 4.11. The summed E-state index contributed by atoms with van der Waals surface area (Å²) in [6, 6.07) is 2.71. The van der Waals surface area contributed by atoms with Gasteiger partial charge in [-0.3, -0.25) is 4.79 Å². The van der Waals surface area contributed by atoms with Gasteiger partial charge < -0.3 is 15.3 Å². The molecule has 9 heteroatoms. The number of hydrogen-bond acceptors (Lipinski definition) is 4. The van der Waals surface area contributed by atoms with Crippen LogP contribution in [0, 0.1) is 17.7 Å². The van der Waals surface area contributed by atoms with E-state index in [-0.39, 0.29) is 12.5 Å². The highest BCUT2D eigenvalue weighted by molar-refractivity contribution is 7.90. The Morgan fingerprint density at radius 3 is 2.54 bits per heavy atom. The van der Waals surface area contributed by atoms with Crippen LogP contribution in [-0.2, 0) is 14.6 Å². The number of aliphatic carboxylic acids is 1. The second kappa shape index (κ2) is 7.61. The molecule has 0 radical (unpaired) electrons. The minimum absolute atomic E-state index is 0.0670. The number of nitrogens with zero attached hydrogens (tertiary/aromatic N) is 1. The summed E-state index contributed by atoms with van der Waals surface area (Å²) in [5, 5.41) is 11.9. The second-order valence-corrected chi connectivity index (χ2v) is 8.90. The number of carboxylic acids is 1. The topological polar surface area (TPSA) is 104 Å². The number of nitrogens with one attached hydrogen (secondary N) is 1. The average Bonchev–Trinajstić information content (AvgIpc) is 2.52. The van der Waals surface area contributed by atoms with Gasteiger partial charge in [0, 0.05) is 19.3 Å². The Morgan fingerprint density at radius 2 is 2.00 bits per heavy atom. The maximum absolute atomic E-state index is 14.0. The Kier molecular flexibility index (Phi) is 5.90. The summed E-state index contributed by atoms with van der Waals surface area (Å²) in [6.07, 6.45) is 1.44. The molecular weight excluding hydrogens is 363 g/mol. The lowest BCUT2D eigenvalue weighted by atomic mass is 9.91. The zero-order valence-electron chi connectivity index (χ0n) is 14.9. The van der Waals surface area contributed by atoms with Gasteiger partial charge in [-0.15, -0.1) is 0 Å². The van der Waals surface area contributed by atoms with Crippen LogP contribution >= 0.6 is 0 Å². The molecule has 1 aliphatic rings. The Hall–Kier alpha value is -2.16. The molecular formula is C17H23FN2O5S. The third-order valence-corrected chi connectivity index (χ3v) is 5.62. The van der Waals surface area contributed by atoms with Crippen LogP contribution < -0.4 is 5.32 Å². The van der Waals surface area contributed by atoms with Gasteiger partial charge in [0.1, 0.15) is 10.7 Å². The molecule has 0 aliphatic carbocycles. The van der Waals surface area contributed by atoms with Crippen molar-refractivity contribution in [1.29, 1.82) is 0 Å². The van der Waals surface area contributed by atoms with Gasteiger partial charge >= 0.3 is 12.0 Å². The number of rotatable bonds is 4. The zero-order chi connectivity index (χ0) is 19.6. The van der Waals surface area contributed by atoms with Crippen molar-refractivity contribution in [2.75, 3.05) is 19.3 Å². The van der Waals surface area contributed by atoms with E-state index < -0.39 is 44.5 Å². The summed E-state index contributed by atoms with van der Waals surface area (Å²) >= 11 is 0. The number of hydrogen-bond donors (Lipinski definition) is 2. The molecule has 1 fully saturated rings. The summed E-state index contributed by atoms with van der Waals surface area (Å²) in [5.74, 6) is -2.34. The maximum atomic E-state index is 14.0. The Balaban J connectivity index is 2.09. The standard InChI is InChI=1S/C17H23FN2O5S/c1-10-6-13(16(21)22)9-20(8-10)17(23)19-11(2)12-4-5-15(14(18)7-12)26(3,24)25/h4-5,7,10-11,13H,6,8-9H2,1-3H3,(H,19,23)(H,21,22). The number of sulfone groups is 1. The van der Waals surface area contributed by atoms with Gasteiger partial charge in [-0.1, -0.05) is 13.0 Å². The molecule has 2 rings (SSSR count). The monoisotopic (exact) mass is 386 g/mol. The van der Waals surface area contributed by atoms with E-state index >= 15 is 0 Å². The highest BCUT2D eigenvalue weighted by Gasteiger charge is 2.32. The lowest BCUT2D eigenvalue weighted by molar-refractivity contribution is -0.143. The molecule has 2 N–H and O–H groups in total. The summed E-state index contributed by atoms with van der Waals surface area (Å²) in [7, 11) is -3.66. The van der Waals surface area contributed by atoms with Gasteiger partial charge in [0.05, 0.1) is 12.0 Å². The van der Waals surface area contributed by atoms with Crippen molar-refractivity contribution in [1.82, 2.24) is 10.2 Å². The number of urea groups is 1. The van der Waals surface area contributed by atoms with Crippen molar-refractivity contribution in [2.45, 2.75) is 31.2 Å². The smallest absolute Gasteiger partial charge is 0.317 e. The lowest BCUT2D eigenvalue weighted by Gasteiger charge is -2.35. The first-order chi connectivity index (χ1) is 12.0. The van der Waals surface area contributed by atoms with Gasteiger partial charge in [0.25, 0.3) is 0 Å². The number of amides is 2. The van der Waals surface area contributed by atoms with Crippen LogP contribution in [-0.4, -0.2) is 49.8 Å². The molecule has 1 aliphatic heterocycles. The normalized spacial score (nSPS) is 21.9. The van der Waals surface area contributed by atoms with Gasteiger partial charge in [-0.05, 0) is 37.0 Å². The zero-order valence-corrected chi connectivity index (χ0v) is 15.7. The van der Waals surface area contributed by atoms with Crippen molar-refractivity contribution in [3.63, 3.8) is 0 Å². The summed E-state index contributed by atoms with van der Waals surface area (Å²) in [5.41, 5.74) is 0.420. The van der Waals surface area contributed by atoms with Crippen molar-refractivity contribution >= 4 is 21.8 Å². The summed E-state index contributed by atoms with van der Waals surface area (Å²) in [4.78, 5) is 24.7. The first-order valence-corrected chi connectivity index (χ1v) is 10.2. The molecule has 1 aromatic carbocycles. The van der Waals surface area contributed by atoms with Crippen LogP contribution in [0.1, 0.15) is 31.9 Å². The highest BCUT2D eigenvalue weighted by atomic mass is 32.2. The third-order valence-electron chi connectivity index (χ3n) is 4.49. The number of carbonyl (C=O) groups is 2. The Bertz CT molecular complexity index is 811. The first kappa shape index (κ1) is 20.2. The molecule has 2 amide bonds. The summed E-state index contributed by atoms with van der Waals surface area (Å²) < 4.78 is 37.0. The molecule has 7 nitrogen and oxygen atoms in total. The quantitative estimate of drug-likeness (QED) is 0.824. The van der Waals surface area contributed by atoms with Crippen LogP contribution in [0.25, 0.3) is 0 Å². The SMILES string of the molecule is CC1CC(C(=O)O)CN(C(=O)NC(C)c2ccc(S(C)(=O)=O)c(F)c2)C1. The minimum Gasteiger partial charge on any atom is -0.481 e. The van der Waals surface area contributed by atoms with Crippen molar-refractivity contribution < 1.29 is 27.5 Å². The van der Waals surface area contributed by atoms with Gasteiger partial charge in [0.15, 0.2) is 9.84 Å². The molecule has 26 heavy (non-hydrogen) atoms. The fraction of sp³-hybridized carbons (Fsp3) is 0.529. The molecule has 1 saturated heterocycles. The van der Waals surface area contributed by atoms with E-state index in [1.165, 1.54) is 17.0 Å². The minimum atomic E-state index is -3.66. The number of likely N-dealkylation sites (tertiary alicyclic amines) is 1. The number of carboxylic acid groups (broad SMARTS) is 1. The van der Waals surface area contributed by atoms with E-state index in [0.717, 1.165) is 12.3 Å². The maximum Gasteiger partial charge on any atom is 0.317 e. The third kappa shape index (κ3) is 4.72. The molecule has 0 saturated carbocycles.